The molecule has 27 heavy (non-hydrogen) atoms. The number of rotatable bonds is 6. The zero-order valence-corrected chi connectivity index (χ0v) is 15.2. The van der Waals surface area contributed by atoms with E-state index in [4.69, 9.17) is 0 Å². The van der Waals surface area contributed by atoms with E-state index in [-0.39, 0.29) is 17.5 Å². The lowest BCUT2D eigenvalue weighted by molar-refractivity contribution is 0.0948. The predicted octanol–water partition coefficient (Wildman–Crippen LogP) is 2.91. The van der Waals surface area contributed by atoms with Gasteiger partial charge in [-0.2, -0.15) is 9.90 Å². The number of hydrogen-bond acceptors (Lipinski definition) is 4. The Kier molecular flexibility index (Phi) is 5.61. The Hall–Kier alpha value is -3.48. The molecule has 1 aromatic heterocycles. The maximum absolute atomic E-state index is 12.3. The van der Waals surface area contributed by atoms with Gasteiger partial charge in [-0.3, -0.25) is 9.59 Å². The zero-order valence-electron chi connectivity index (χ0n) is 15.2. The van der Waals surface area contributed by atoms with Gasteiger partial charge in [0.2, 0.25) is 0 Å². The first-order chi connectivity index (χ1) is 13.0. The molecule has 0 spiro atoms. The number of carbonyl (C=O) groups is 2. The molecule has 0 saturated carbocycles. The standard InChI is InChI=1S/C20H21N5O2/c1-14(2)12-21-19(26)15-8-10-16(11-9-15)23-20(27)18-13-22-25(24-18)17-6-4-3-5-7-17/h3-11,13-14H,12H2,1-2H3,(H,21,26)(H,23,27). The van der Waals surface area contributed by atoms with Crippen LogP contribution in [-0.2, 0) is 0 Å². The van der Waals surface area contributed by atoms with Gasteiger partial charge in [0.25, 0.3) is 11.8 Å². The number of anilines is 1. The fourth-order valence-electron chi connectivity index (χ4n) is 2.35. The van der Waals surface area contributed by atoms with E-state index in [0.717, 1.165) is 5.69 Å². The molecule has 7 heteroatoms. The number of benzene rings is 2. The van der Waals surface area contributed by atoms with Gasteiger partial charge in [0, 0.05) is 17.8 Å². The summed E-state index contributed by atoms with van der Waals surface area (Å²) in [6.07, 6.45) is 1.41. The van der Waals surface area contributed by atoms with Crippen LogP contribution in [0.1, 0.15) is 34.7 Å². The van der Waals surface area contributed by atoms with Gasteiger partial charge >= 0.3 is 0 Å². The van der Waals surface area contributed by atoms with E-state index < -0.39 is 0 Å². The number of nitrogens with zero attached hydrogens (tertiary/aromatic N) is 3. The molecule has 2 amide bonds. The molecule has 3 rings (SSSR count). The van der Waals surface area contributed by atoms with Crippen molar-refractivity contribution in [3.8, 4) is 5.69 Å². The van der Waals surface area contributed by atoms with Gasteiger partial charge in [0.05, 0.1) is 11.9 Å². The first kappa shape index (κ1) is 18.3. The SMILES string of the molecule is CC(C)CNC(=O)c1ccc(NC(=O)c2cnn(-c3ccccc3)n2)cc1. The fourth-order valence-corrected chi connectivity index (χ4v) is 2.35. The molecule has 0 saturated heterocycles. The molecular weight excluding hydrogens is 342 g/mol. The minimum Gasteiger partial charge on any atom is -0.352 e. The normalized spacial score (nSPS) is 10.6. The van der Waals surface area contributed by atoms with Crippen LogP contribution in [0.15, 0.2) is 60.8 Å². The van der Waals surface area contributed by atoms with Crippen LogP contribution in [0, 0.1) is 5.92 Å². The van der Waals surface area contributed by atoms with Crippen molar-refractivity contribution in [3.05, 3.63) is 72.1 Å². The number of nitrogens with one attached hydrogen (secondary N) is 2. The molecule has 0 radical (unpaired) electrons. The fraction of sp³-hybridized carbons (Fsp3) is 0.200. The molecule has 138 valence electrons. The monoisotopic (exact) mass is 363 g/mol. The van der Waals surface area contributed by atoms with E-state index in [1.165, 1.54) is 11.0 Å². The lowest BCUT2D eigenvalue weighted by Gasteiger charge is -2.08. The molecule has 0 aliphatic carbocycles. The molecule has 0 bridgehead atoms. The van der Waals surface area contributed by atoms with Crippen molar-refractivity contribution < 1.29 is 9.59 Å². The van der Waals surface area contributed by atoms with Crippen molar-refractivity contribution in [1.29, 1.82) is 0 Å². The van der Waals surface area contributed by atoms with Gasteiger partial charge in [-0.05, 0) is 42.3 Å². The molecule has 0 atom stereocenters. The number of hydrogen-bond donors (Lipinski definition) is 2. The highest BCUT2D eigenvalue weighted by Gasteiger charge is 2.12. The maximum Gasteiger partial charge on any atom is 0.277 e. The van der Waals surface area contributed by atoms with Gasteiger partial charge in [-0.1, -0.05) is 32.0 Å². The molecule has 0 aliphatic rings. The second-order valence-electron chi connectivity index (χ2n) is 6.49. The molecule has 0 unspecified atom stereocenters. The molecular formula is C20H21N5O2. The highest BCUT2D eigenvalue weighted by molar-refractivity contribution is 6.03. The summed E-state index contributed by atoms with van der Waals surface area (Å²) in [5.41, 5.74) is 2.10. The highest BCUT2D eigenvalue weighted by Crippen LogP contribution is 2.11. The largest absolute Gasteiger partial charge is 0.352 e. The topological polar surface area (TPSA) is 88.9 Å². The maximum atomic E-state index is 12.3. The summed E-state index contributed by atoms with van der Waals surface area (Å²) in [6.45, 7) is 4.69. The van der Waals surface area contributed by atoms with Gasteiger partial charge in [0.15, 0.2) is 5.69 Å². The first-order valence-corrected chi connectivity index (χ1v) is 8.70. The second-order valence-corrected chi connectivity index (χ2v) is 6.49. The summed E-state index contributed by atoms with van der Waals surface area (Å²) in [5.74, 6) is -0.113. The quantitative estimate of drug-likeness (QED) is 0.705. The Labute approximate surface area is 157 Å². The zero-order chi connectivity index (χ0) is 19.2. The summed E-state index contributed by atoms with van der Waals surface area (Å²) < 4.78 is 0. The van der Waals surface area contributed by atoms with E-state index in [1.807, 2.05) is 44.2 Å². The number of para-hydroxylation sites is 1. The van der Waals surface area contributed by atoms with Gasteiger partial charge in [-0.25, -0.2) is 0 Å². The van der Waals surface area contributed by atoms with Crippen LogP contribution in [0.3, 0.4) is 0 Å². The van der Waals surface area contributed by atoms with E-state index in [2.05, 4.69) is 20.8 Å². The third-order valence-corrected chi connectivity index (χ3v) is 3.79. The van der Waals surface area contributed by atoms with E-state index in [1.54, 1.807) is 24.3 Å². The summed E-state index contributed by atoms with van der Waals surface area (Å²) in [7, 11) is 0. The van der Waals surface area contributed by atoms with E-state index >= 15 is 0 Å². The Morgan fingerprint density at radius 2 is 1.70 bits per heavy atom. The van der Waals surface area contributed by atoms with Crippen LogP contribution in [-0.4, -0.2) is 33.4 Å². The van der Waals surface area contributed by atoms with Crippen molar-refractivity contribution >= 4 is 17.5 Å². The van der Waals surface area contributed by atoms with Crippen LogP contribution in [0.25, 0.3) is 5.69 Å². The molecule has 3 aromatic rings. The van der Waals surface area contributed by atoms with E-state index in [0.29, 0.717) is 23.7 Å². The average Bonchev–Trinajstić information content (AvgIpc) is 3.18. The van der Waals surface area contributed by atoms with Crippen LogP contribution in [0.2, 0.25) is 0 Å². The smallest absolute Gasteiger partial charge is 0.277 e. The predicted molar refractivity (Wildman–Crippen MR) is 103 cm³/mol. The van der Waals surface area contributed by atoms with Gasteiger partial charge < -0.3 is 10.6 Å². The number of carbonyl (C=O) groups excluding carboxylic acids is 2. The lowest BCUT2D eigenvalue weighted by atomic mass is 10.1. The molecule has 2 N–H and O–H groups in total. The summed E-state index contributed by atoms with van der Waals surface area (Å²) in [5, 5.41) is 13.9. The average molecular weight is 363 g/mol. The van der Waals surface area contributed by atoms with E-state index in [9.17, 15) is 9.59 Å². The molecule has 0 aliphatic heterocycles. The van der Waals surface area contributed by atoms with Crippen LogP contribution >= 0.6 is 0 Å². The summed E-state index contributed by atoms with van der Waals surface area (Å²) in [4.78, 5) is 25.8. The molecule has 7 nitrogen and oxygen atoms in total. The highest BCUT2D eigenvalue weighted by atomic mass is 16.2. The van der Waals surface area contributed by atoms with Crippen molar-refractivity contribution in [1.82, 2.24) is 20.3 Å². The van der Waals surface area contributed by atoms with Gasteiger partial charge in [0.1, 0.15) is 0 Å². The minimum absolute atomic E-state index is 0.132. The Morgan fingerprint density at radius 1 is 1.00 bits per heavy atom. The Balaban J connectivity index is 1.63. The number of amides is 2. The third kappa shape index (κ3) is 4.78. The molecule has 0 fully saturated rings. The summed E-state index contributed by atoms with van der Waals surface area (Å²) >= 11 is 0. The van der Waals surface area contributed by atoms with Crippen LogP contribution in [0.5, 0.6) is 0 Å². The summed E-state index contributed by atoms with van der Waals surface area (Å²) in [6, 6.07) is 16.1. The van der Waals surface area contributed by atoms with Crippen molar-refractivity contribution in [2.45, 2.75) is 13.8 Å². The van der Waals surface area contributed by atoms with Crippen molar-refractivity contribution in [3.63, 3.8) is 0 Å². The Bertz CT molecular complexity index is 917. The van der Waals surface area contributed by atoms with Crippen LogP contribution in [0.4, 0.5) is 5.69 Å². The van der Waals surface area contributed by atoms with Crippen molar-refractivity contribution in [2.24, 2.45) is 5.92 Å². The number of aromatic nitrogens is 3. The lowest BCUT2D eigenvalue weighted by Crippen LogP contribution is -2.27. The van der Waals surface area contributed by atoms with Crippen molar-refractivity contribution in [2.75, 3.05) is 11.9 Å². The minimum atomic E-state index is -0.366. The second kappa shape index (κ2) is 8.27. The van der Waals surface area contributed by atoms with Crippen LogP contribution < -0.4 is 10.6 Å². The first-order valence-electron chi connectivity index (χ1n) is 8.70. The molecule has 2 aromatic carbocycles. The third-order valence-electron chi connectivity index (χ3n) is 3.79. The molecule has 1 heterocycles. The Morgan fingerprint density at radius 3 is 2.37 bits per heavy atom. The van der Waals surface area contributed by atoms with Gasteiger partial charge in [-0.15, -0.1) is 5.10 Å².